The van der Waals surface area contributed by atoms with Crippen LogP contribution in [0.4, 0.5) is 5.69 Å². The van der Waals surface area contributed by atoms with Crippen molar-refractivity contribution < 1.29 is 23.8 Å². The van der Waals surface area contributed by atoms with Crippen LogP contribution in [0.5, 0.6) is 11.5 Å². The summed E-state index contributed by atoms with van der Waals surface area (Å²) in [6.45, 7) is 0.588. The van der Waals surface area contributed by atoms with Gasteiger partial charge in [0.05, 0.1) is 25.9 Å². The number of amides is 1. The Bertz CT molecular complexity index is 762. The molecule has 0 saturated carbocycles. The van der Waals surface area contributed by atoms with Crippen LogP contribution < -0.4 is 14.4 Å². The number of hydrogen-bond donors (Lipinski definition) is 0. The van der Waals surface area contributed by atoms with Gasteiger partial charge in [0.25, 0.3) is 0 Å². The van der Waals surface area contributed by atoms with Gasteiger partial charge in [0.15, 0.2) is 0 Å². The first-order valence-electron chi connectivity index (χ1n) is 8.51. The molecule has 0 unspecified atom stereocenters. The van der Waals surface area contributed by atoms with E-state index in [0.29, 0.717) is 30.9 Å². The van der Waals surface area contributed by atoms with Gasteiger partial charge in [0.2, 0.25) is 12.0 Å². The molecule has 1 atom stereocenters. The van der Waals surface area contributed by atoms with Crippen LogP contribution >= 0.6 is 0 Å². The third-order valence-corrected chi connectivity index (χ3v) is 4.09. The molecule has 6 heteroatoms. The number of anilines is 1. The summed E-state index contributed by atoms with van der Waals surface area (Å²) in [5.74, 6) is 0.710. The predicted octanol–water partition coefficient (Wildman–Crippen LogP) is 2.81. The number of rotatable bonds is 6. The predicted molar refractivity (Wildman–Crippen MR) is 96.4 cm³/mol. The van der Waals surface area contributed by atoms with Crippen molar-refractivity contribution in [1.29, 1.82) is 0 Å². The van der Waals surface area contributed by atoms with E-state index >= 15 is 0 Å². The number of carbonyl (C=O) groups excluding carboxylic acids is 2. The van der Waals surface area contributed by atoms with E-state index in [1.165, 1.54) is 7.11 Å². The van der Waals surface area contributed by atoms with Gasteiger partial charge in [-0.3, -0.25) is 4.79 Å². The molecule has 3 rings (SSSR count). The summed E-state index contributed by atoms with van der Waals surface area (Å²) in [6.07, 6.45) is 0.0741. The van der Waals surface area contributed by atoms with Crippen molar-refractivity contribution in [3.05, 3.63) is 54.6 Å². The fourth-order valence-electron chi connectivity index (χ4n) is 2.79. The number of carbonyl (C=O) groups is 2. The van der Waals surface area contributed by atoms with Crippen molar-refractivity contribution in [1.82, 2.24) is 0 Å². The van der Waals surface area contributed by atoms with E-state index < -0.39 is 12.1 Å². The quantitative estimate of drug-likeness (QED) is 0.589. The van der Waals surface area contributed by atoms with Gasteiger partial charge in [-0.2, -0.15) is 0 Å². The Hall–Kier alpha value is -3.02. The summed E-state index contributed by atoms with van der Waals surface area (Å²) in [5.41, 5.74) is 0.668. The van der Waals surface area contributed by atoms with Gasteiger partial charge in [-0.15, -0.1) is 0 Å². The third kappa shape index (κ3) is 4.14. The fourth-order valence-corrected chi connectivity index (χ4v) is 2.79. The van der Waals surface area contributed by atoms with Crippen LogP contribution in [-0.4, -0.2) is 38.2 Å². The number of para-hydroxylation sites is 3. The van der Waals surface area contributed by atoms with Gasteiger partial charge in [0.1, 0.15) is 11.5 Å². The first-order chi connectivity index (χ1) is 12.7. The minimum atomic E-state index is -0.820. The Balaban J connectivity index is 1.61. The normalized spacial score (nSPS) is 15.6. The van der Waals surface area contributed by atoms with Gasteiger partial charge in [-0.05, 0) is 30.7 Å². The van der Waals surface area contributed by atoms with Crippen LogP contribution in [0.25, 0.3) is 0 Å². The van der Waals surface area contributed by atoms with E-state index in [1.54, 1.807) is 23.1 Å². The van der Waals surface area contributed by atoms with Gasteiger partial charge >= 0.3 is 5.97 Å². The summed E-state index contributed by atoms with van der Waals surface area (Å²) < 4.78 is 16.0. The Labute approximate surface area is 152 Å². The number of methoxy groups -OCH3 is 1. The molecule has 136 valence electrons. The molecule has 0 bridgehead atoms. The van der Waals surface area contributed by atoms with Crippen molar-refractivity contribution in [2.24, 2.45) is 0 Å². The minimum absolute atomic E-state index is 0.0775. The van der Waals surface area contributed by atoms with Crippen molar-refractivity contribution in [3.8, 4) is 11.5 Å². The number of hydrogen-bond acceptors (Lipinski definition) is 5. The molecule has 1 aliphatic rings. The molecule has 1 heterocycles. The maximum Gasteiger partial charge on any atom is 0.348 e. The monoisotopic (exact) mass is 355 g/mol. The van der Waals surface area contributed by atoms with E-state index in [-0.39, 0.29) is 12.5 Å². The summed E-state index contributed by atoms with van der Waals surface area (Å²) >= 11 is 0. The first-order valence-corrected chi connectivity index (χ1v) is 8.51. The second-order valence-electron chi connectivity index (χ2n) is 5.87. The fraction of sp³-hybridized carbons (Fsp3) is 0.300. The number of ether oxygens (including phenoxy) is 3. The van der Waals surface area contributed by atoms with E-state index in [0.717, 1.165) is 5.75 Å². The molecule has 6 nitrogen and oxygen atoms in total. The highest BCUT2D eigenvalue weighted by molar-refractivity contribution is 5.96. The number of benzene rings is 2. The van der Waals surface area contributed by atoms with Crippen molar-refractivity contribution in [2.45, 2.75) is 18.9 Å². The standard InChI is InChI=1S/C20H21NO5/c1-24-20(23)18-14-21(16-10-5-6-11-17(16)26-18)19(22)12-7-13-25-15-8-3-2-4-9-15/h2-6,8-11,18H,7,12-14H2,1H3/t18-/m1/s1. The molecule has 0 aliphatic carbocycles. The molecular formula is C20H21NO5. The smallest absolute Gasteiger partial charge is 0.348 e. The topological polar surface area (TPSA) is 65.1 Å². The Kier molecular flexibility index (Phi) is 5.73. The van der Waals surface area contributed by atoms with Crippen molar-refractivity contribution in [2.75, 3.05) is 25.2 Å². The van der Waals surface area contributed by atoms with Crippen LogP contribution in [0.2, 0.25) is 0 Å². The molecule has 2 aromatic rings. The summed E-state index contributed by atoms with van der Waals surface area (Å²) in [5, 5.41) is 0. The van der Waals surface area contributed by atoms with E-state index in [4.69, 9.17) is 14.2 Å². The zero-order valence-electron chi connectivity index (χ0n) is 14.6. The van der Waals surface area contributed by atoms with E-state index in [2.05, 4.69) is 0 Å². The molecule has 0 aromatic heterocycles. The molecule has 0 fully saturated rings. The lowest BCUT2D eigenvalue weighted by Crippen LogP contribution is -2.47. The van der Waals surface area contributed by atoms with Crippen LogP contribution in [0, 0.1) is 0 Å². The zero-order chi connectivity index (χ0) is 18.4. The highest BCUT2D eigenvalue weighted by atomic mass is 16.6. The van der Waals surface area contributed by atoms with Crippen LogP contribution in [0.3, 0.4) is 0 Å². The van der Waals surface area contributed by atoms with Gasteiger partial charge in [0, 0.05) is 6.42 Å². The summed E-state index contributed by atoms with van der Waals surface area (Å²) in [7, 11) is 1.30. The number of nitrogens with zero attached hydrogens (tertiary/aromatic N) is 1. The lowest BCUT2D eigenvalue weighted by molar-refractivity contribution is -0.148. The third-order valence-electron chi connectivity index (χ3n) is 4.09. The van der Waals surface area contributed by atoms with E-state index in [9.17, 15) is 9.59 Å². The molecule has 0 spiro atoms. The molecule has 26 heavy (non-hydrogen) atoms. The van der Waals surface area contributed by atoms with Gasteiger partial charge in [-0.1, -0.05) is 30.3 Å². The lowest BCUT2D eigenvalue weighted by atomic mass is 10.1. The SMILES string of the molecule is COC(=O)[C@H]1CN(C(=O)CCCOc2ccccc2)c2ccccc2O1. The zero-order valence-corrected chi connectivity index (χ0v) is 14.6. The molecule has 0 radical (unpaired) electrons. The maximum absolute atomic E-state index is 12.7. The first kappa shape index (κ1) is 17.8. The molecule has 1 amide bonds. The Morgan fingerprint density at radius 1 is 1.12 bits per heavy atom. The highest BCUT2D eigenvalue weighted by Crippen LogP contribution is 2.33. The second kappa shape index (κ2) is 8.38. The Morgan fingerprint density at radius 2 is 1.85 bits per heavy atom. The molecule has 0 N–H and O–H groups in total. The Morgan fingerprint density at radius 3 is 2.62 bits per heavy atom. The maximum atomic E-state index is 12.7. The average Bonchev–Trinajstić information content (AvgIpc) is 2.70. The van der Waals surface area contributed by atoms with Crippen LogP contribution in [0.1, 0.15) is 12.8 Å². The largest absolute Gasteiger partial charge is 0.494 e. The minimum Gasteiger partial charge on any atom is -0.494 e. The molecule has 0 saturated heterocycles. The molecule has 1 aliphatic heterocycles. The van der Waals surface area contributed by atoms with Crippen LogP contribution in [-0.2, 0) is 14.3 Å². The summed E-state index contributed by atoms with van der Waals surface area (Å²) in [6, 6.07) is 16.7. The lowest BCUT2D eigenvalue weighted by Gasteiger charge is -2.33. The molecular weight excluding hydrogens is 334 g/mol. The van der Waals surface area contributed by atoms with Crippen LogP contribution in [0.15, 0.2) is 54.6 Å². The second-order valence-corrected chi connectivity index (χ2v) is 5.87. The van der Waals surface area contributed by atoms with Gasteiger partial charge in [-0.25, -0.2) is 4.79 Å². The number of esters is 1. The van der Waals surface area contributed by atoms with Gasteiger partial charge < -0.3 is 19.1 Å². The average molecular weight is 355 g/mol. The van der Waals surface area contributed by atoms with Crippen molar-refractivity contribution >= 4 is 17.6 Å². The summed E-state index contributed by atoms with van der Waals surface area (Å²) in [4.78, 5) is 26.1. The van der Waals surface area contributed by atoms with E-state index in [1.807, 2.05) is 36.4 Å². The molecule has 2 aromatic carbocycles. The highest BCUT2D eigenvalue weighted by Gasteiger charge is 2.34. The van der Waals surface area contributed by atoms with Crippen molar-refractivity contribution in [3.63, 3.8) is 0 Å². The number of fused-ring (bicyclic) bond motifs is 1.